The van der Waals surface area contributed by atoms with E-state index in [0.29, 0.717) is 12.4 Å². The van der Waals surface area contributed by atoms with Crippen LogP contribution in [0.25, 0.3) is 0 Å². The van der Waals surface area contributed by atoms with Crippen molar-refractivity contribution >= 4 is 44.8 Å². The van der Waals surface area contributed by atoms with Crippen LogP contribution >= 0.6 is 15.9 Å². The quantitative estimate of drug-likeness (QED) is 0.469. The molecule has 1 aromatic carbocycles. The Hall–Kier alpha value is -3.07. The molecule has 0 radical (unpaired) electrons. The van der Waals surface area contributed by atoms with E-state index in [2.05, 4.69) is 36.2 Å². The molecule has 0 atom stereocenters. The average Bonchev–Trinajstić information content (AvgIpc) is 2.65. The lowest BCUT2D eigenvalue weighted by Crippen LogP contribution is -2.19. The van der Waals surface area contributed by atoms with Gasteiger partial charge in [0.25, 0.3) is 0 Å². The third-order valence-electron chi connectivity index (χ3n) is 3.60. The zero-order valence-electron chi connectivity index (χ0n) is 13.8. The predicted octanol–water partition coefficient (Wildman–Crippen LogP) is 4.44. The van der Waals surface area contributed by atoms with Crippen molar-refractivity contribution in [2.75, 3.05) is 16.8 Å². The highest BCUT2D eigenvalue weighted by Crippen LogP contribution is 2.36. The molecule has 3 aromatic rings. The maximum absolute atomic E-state index is 11.8. The molecule has 9 heteroatoms. The number of pyridine rings is 1. The number of benzene rings is 1. The Morgan fingerprint density at radius 3 is 2.54 bits per heavy atom. The molecule has 0 bridgehead atoms. The standard InChI is InChI=1S/C17H15BrN6O2/c1-2-23(13-6-4-3-5-7-13)17-15(24(25)26)16(20-11-21-17)22-14-9-8-12(18)10-19-14/h3-11H,2H2,1H3,(H,19,20,21,22). The van der Waals surface area contributed by atoms with Crippen molar-refractivity contribution in [3.05, 3.63) is 69.6 Å². The number of para-hydroxylation sites is 1. The maximum atomic E-state index is 11.8. The first kappa shape index (κ1) is 17.7. The summed E-state index contributed by atoms with van der Waals surface area (Å²) in [7, 11) is 0. The topological polar surface area (TPSA) is 97.1 Å². The van der Waals surface area contributed by atoms with Crippen LogP contribution < -0.4 is 10.2 Å². The van der Waals surface area contributed by atoms with Crippen molar-refractivity contribution in [1.82, 2.24) is 15.0 Å². The number of halogens is 1. The monoisotopic (exact) mass is 414 g/mol. The Kier molecular flexibility index (Phi) is 5.37. The molecule has 0 saturated heterocycles. The molecule has 0 aliphatic rings. The molecule has 0 aliphatic heterocycles. The Morgan fingerprint density at radius 1 is 1.15 bits per heavy atom. The molecule has 3 rings (SSSR count). The minimum absolute atomic E-state index is 0.0872. The normalized spacial score (nSPS) is 10.4. The van der Waals surface area contributed by atoms with Gasteiger partial charge < -0.3 is 10.2 Å². The number of rotatable bonds is 6. The second-order valence-electron chi connectivity index (χ2n) is 5.22. The number of aromatic nitrogens is 3. The largest absolute Gasteiger partial charge is 0.354 e. The van der Waals surface area contributed by atoms with Gasteiger partial charge in [0.15, 0.2) is 0 Å². The van der Waals surface area contributed by atoms with Crippen LogP contribution in [0.1, 0.15) is 6.92 Å². The number of hydrogen-bond acceptors (Lipinski definition) is 7. The van der Waals surface area contributed by atoms with Crippen molar-refractivity contribution < 1.29 is 4.92 Å². The molecule has 0 spiro atoms. The smallest absolute Gasteiger partial charge is 0.321 e. The van der Waals surface area contributed by atoms with E-state index in [1.165, 1.54) is 6.33 Å². The third kappa shape index (κ3) is 3.77. The maximum Gasteiger partial charge on any atom is 0.354 e. The summed E-state index contributed by atoms with van der Waals surface area (Å²) < 4.78 is 0.808. The van der Waals surface area contributed by atoms with Gasteiger partial charge in [-0.3, -0.25) is 10.1 Å². The zero-order valence-corrected chi connectivity index (χ0v) is 15.4. The summed E-state index contributed by atoms with van der Waals surface area (Å²) in [4.78, 5) is 25.4. The van der Waals surface area contributed by atoms with E-state index in [0.717, 1.165) is 10.2 Å². The molecule has 0 saturated carbocycles. The van der Waals surface area contributed by atoms with E-state index in [-0.39, 0.29) is 17.3 Å². The number of nitrogens with one attached hydrogen (secondary N) is 1. The van der Waals surface area contributed by atoms with E-state index >= 15 is 0 Å². The summed E-state index contributed by atoms with van der Waals surface area (Å²) in [5.74, 6) is 0.756. The van der Waals surface area contributed by atoms with Crippen LogP contribution in [0, 0.1) is 10.1 Å². The highest BCUT2D eigenvalue weighted by molar-refractivity contribution is 9.10. The van der Waals surface area contributed by atoms with Gasteiger partial charge in [0.05, 0.1) is 4.92 Å². The Morgan fingerprint density at radius 2 is 1.92 bits per heavy atom. The summed E-state index contributed by atoms with van der Waals surface area (Å²) in [5, 5.41) is 14.7. The zero-order chi connectivity index (χ0) is 18.5. The van der Waals surface area contributed by atoms with Gasteiger partial charge in [0.1, 0.15) is 12.1 Å². The lowest BCUT2D eigenvalue weighted by molar-refractivity contribution is -0.383. The number of nitro groups is 1. The lowest BCUT2D eigenvalue weighted by Gasteiger charge is -2.22. The van der Waals surface area contributed by atoms with Crippen LogP contribution in [0.2, 0.25) is 0 Å². The highest BCUT2D eigenvalue weighted by atomic mass is 79.9. The van der Waals surface area contributed by atoms with E-state index in [4.69, 9.17) is 0 Å². The highest BCUT2D eigenvalue weighted by Gasteiger charge is 2.27. The van der Waals surface area contributed by atoms with E-state index in [9.17, 15) is 10.1 Å². The SMILES string of the molecule is CCN(c1ccccc1)c1ncnc(Nc2ccc(Br)cn2)c1[N+](=O)[O-]. The molecule has 0 fully saturated rings. The Balaban J connectivity index is 2.06. The summed E-state index contributed by atoms with van der Waals surface area (Å²) in [6, 6.07) is 12.9. The van der Waals surface area contributed by atoms with Crippen LogP contribution in [0.4, 0.5) is 28.8 Å². The summed E-state index contributed by atoms with van der Waals surface area (Å²) >= 11 is 3.30. The molecule has 0 aliphatic carbocycles. The van der Waals surface area contributed by atoms with Crippen molar-refractivity contribution in [3.63, 3.8) is 0 Å². The van der Waals surface area contributed by atoms with Crippen LogP contribution in [-0.2, 0) is 0 Å². The minimum Gasteiger partial charge on any atom is -0.321 e. The van der Waals surface area contributed by atoms with Gasteiger partial charge in [0, 0.05) is 22.9 Å². The average molecular weight is 415 g/mol. The molecule has 26 heavy (non-hydrogen) atoms. The number of nitrogens with zero attached hydrogens (tertiary/aromatic N) is 5. The molecule has 8 nitrogen and oxygen atoms in total. The molecular formula is C17H15BrN6O2. The van der Waals surface area contributed by atoms with Gasteiger partial charge in [-0.2, -0.15) is 0 Å². The van der Waals surface area contributed by atoms with Gasteiger partial charge in [-0.15, -0.1) is 0 Å². The van der Waals surface area contributed by atoms with Crippen molar-refractivity contribution in [3.8, 4) is 0 Å². The molecule has 1 N–H and O–H groups in total. The fraction of sp³-hybridized carbons (Fsp3) is 0.118. The third-order valence-corrected chi connectivity index (χ3v) is 4.07. The van der Waals surface area contributed by atoms with Crippen molar-refractivity contribution in [1.29, 1.82) is 0 Å². The first-order valence-corrected chi connectivity index (χ1v) is 8.60. The predicted molar refractivity (Wildman–Crippen MR) is 103 cm³/mol. The summed E-state index contributed by atoms with van der Waals surface area (Å²) in [6.07, 6.45) is 2.90. The van der Waals surface area contributed by atoms with Crippen LogP contribution in [0.15, 0.2) is 59.5 Å². The fourth-order valence-electron chi connectivity index (χ4n) is 2.46. The first-order chi connectivity index (χ1) is 12.6. The summed E-state index contributed by atoms with van der Waals surface area (Å²) in [6.45, 7) is 2.42. The molecular weight excluding hydrogens is 400 g/mol. The van der Waals surface area contributed by atoms with Gasteiger partial charge in [-0.05, 0) is 47.1 Å². The van der Waals surface area contributed by atoms with Crippen molar-refractivity contribution in [2.24, 2.45) is 0 Å². The molecule has 2 aromatic heterocycles. The van der Waals surface area contributed by atoms with Gasteiger partial charge in [-0.1, -0.05) is 18.2 Å². The van der Waals surface area contributed by atoms with Crippen LogP contribution in [-0.4, -0.2) is 26.4 Å². The van der Waals surface area contributed by atoms with Gasteiger partial charge in [0.2, 0.25) is 11.6 Å². The number of hydrogen-bond donors (Lipinski definition) is 1. The Labute approximate surface area is 158 Å². The van der Waals surface area contributed by atoms with E-state index < -0.39 is 4.92 Å². The summed E-state index contributed by atoms with van der Waals surface area (Å²) in [5.41, 5.74) is 0.604. The minimum atomic E-state index is -0.484. The molecule has 0 unspecified atom stereocenters. The molecule has 0 amide bonds. The number of anilines is 4. The van der Waals surface area contributed by atoms with Crippen LogP contribution in [0.5, 0.6) is 0 Å². The molecule has 132 valence electrons. The van der Waals surface area contributed by atoms with Gasteiger partial charge in [-0.25, -0.2) is 15.0 Å². The molecule has 2 heterocycles. The van der Waals surface area contributed by atoms with Gasteiger partial charge >= 0.3 is 5.69 Å². The van der Waals surface area contributed by atoms with Crippen molar-refractivity contribution in [2.45, 2.75) is 6.92 Å². The second kappa shape index (κ2) is 7.87. The lowest BCUT2D eigenvalue weighted by atomic mass is 10.2. The van der Waals surface area contributed by atoms with E-state index in [1.807, 2.05) is 37.3 Å². The Bertz CT molecular complexity index is 905. The van der Waals surface area contributed by atoms with E-state index in [1.54, 1.807) is 23.2 Å². The second-order valence-corrected chi connectivity index (χ2v) is 6.13. The first-order valence-electron chi connectivity index (χ1n) is 7.80. The fourth-order valence-corrected chi connectivity index (χ4v) is 2.69. The van der Waals surface area contributed by atoms with Crippen LogP contribution in [0.3, 0.4) is 0 Å².